The highest BCUT2D eigenvalue weighted by Gasteiger charge is 2.05. The van der Waals surface area contributed by atoms with Crippen molar-refractivity contribution in [1.29, 1.82) is 0 Å². The summed E-state index contributed by atoms with van der Waals surface area (Å²) in [5.41, 5.74) is 6.67. The number of rotatable bonds is 4. The van der Waals surface area contributed by atoms with Crippen molar-refractivity contribution in [3.05, 3.63) is 18.2 Å². The zero-order valence-corrected chi connectivity index (χ0v) is 9.74. The standard InChI is InChI=1S/C11H15N3O3/c1-7(15)13-6-11(16)14-8-3-4-10(17-2)9(12)5-8/h3-5H,6,12H2,1-2H3,(H,13,15)(H,14,16). The van der Waals surface area contributed by atoms with Crippen molar-refractivity contribution in [3.63, 3.8) is 0 Å². The van der Waals surface area contributed by atoms with Crippen molar-refractivity contribution < 1.29 is 14.3 Å². The Kier molecular flexibility index (Phi) is 4.33. The van der Waals surface area contributed by atoms with Crippen LogP contribution in [0.1, 0.15) is 6.92 Å². The molecule has 0 heterocycles. The van der Waals surface area contributed by atoms with E-state index < -0.39 is 0 Å². The molecule has 1 aromatic rings. The van der Waals surface area contributed by atoms with E-state index in [0.717, 1.165) is 0 Å². The Bertz CT molecular complexity index is 432. The number of anilines is 2. The van der Waals surface area contributed by atoms with Crippen LogP contribution in [0.15, 0.2) is 18.2 Å². The van der Waals surface area contributed by atoms with Gasteiger partial charge in [0, 0.05) is 12.6 Å². The third kappa shape index (κ3) is 4.02. The molecule has 0 fully saturated rings. The van der Waals surface area contributed by atoms with Gasteiger partial charge < -0.3 is 21.1 Å². The fraction of sp³-hybridized carbons (Fsp3) is 0.273. The number of methoxy groups -OCH3 is 1. The monoisotopic (exact) mass is 237 g/mol. The number of amides is 2. The van der Waals surface area contributed by atoms with E-state index in [4.69, 9.17) is 10.5 Å². The summed E-state index contributed by atoms with van der Waals surface area (Å²) in [4.78, 5) is 22.0. The van der Waals surface area contributed by atoms with Gasteiger partial charge in [0.2, 0.25) is 11.8 Å². The van der Waals surface area contributed by atoms with Crippen LogP contribution in [0.3, 0.4) is 0 Å². The molecule has 0 aliphatic heterocycles. The summed E-state index contributed by atoms with van der Waals surface area (Å²) in [7, 11) is 1.51. The van der Waals surface area contributed by atoms with E-state index >= 15 is 0 Å². The minimum atomic E-state index is -0.315. The molecule has 0 radical (unpaired) electrons. The molecule has 0 aliphatic rings. The van der Waals surface area contributed by atoms with Gasteiger partial charge in [-0.25, -0.2) is 0 Å². The molecule has 0 unspecified atom stereocenters. The average Bonchev–Trinajstić information content (AvgIpc) is 2.26. The molecule has 0 atom stereocenters. The lowest BCUT2D eigenvalue weighted by molar-refractivity contribution is -0.122. The average molecular weight is 237 g/mol. The predicted molar refractivity (Wildman–Crippen MR) is 64.7 cm³/mol. The lowest BCUT2D eigenvalue weighted by atomic mass is 10.2. The van der Waals surface area contributed by atoms with Gasteiger partial charge in [0.05, 0.1) is 19.3 Å². The molecule has 0 aliphatic carbocycles. The summed E-state index contributed by atoms with van der Waals surface area (Å²) >= 11 is 0. The van der Waals surface area contributed by atoms with Gasteiger partial charge in [-0.2, -0.15) is 0 Å². The molecule has 0 saturated heterocycles. The molecule has 2 amide bonds. The van der Waals surface area contributed by atoms with E-state index in [1.807, 2.05) is 0 Å². The number of nitrogens with two attached hydrogens (primary N) is 1. The van der Waals surface area contributed by atoms with Crippen molar-refractivity contribution in [2.24, 2.45) is 0 Å². The maximum atomic E-state index is 11.4. The molecule has 17 heavy (non-hydrogen) atoms. The van der Waals surface area contributed by atoms with Crippen LogP contribution in [-0.2, 0) is 9.59 Å². The number of hydrogen-bond donors (Lipinski definition) is 3. The molecule has 0 saturated carbocycles. The van der Waals surface area contributed by atoms with Crippen LogP contribution in [0.25, 0.3) is 0 Å². The van der Waals surface area contributed by atoms with E-state index in [2.05, 4.69) is 10.6 Å². The van der Waals surface area contributed by atoms with Crippen molar-refractivity contribution >= 4 is 23.2 Å². The summed E-state index contributed by atoms with van der Waals surface area (Å²) in [6.07, 6.45) is 0. The number of ether oxygens (including phenoxy) is 1. The molecule has 0 bridgehead atoms. The van der Waals surface area contributed by atoms with Gasteiger partial charge in [-0.1, -0.05) is 0 Å². The first-order valence-corrected chi connectivity index (χ1v) is 5.00. The lowest BCUT2D eigenvalue weighted by Crippen LogP contribution is -2.31. The minimum absolute atomic E-state index is 0.0682. The summed E-state index contributed by atoms with van der Waals surface area (Å²) < 4.78 is 4.99. The smallest absolute Gasteiger partial charge is 0.243 e. The summed E-state index contributed by atoms with van der Waals surface area (Å²) in [6, 6.07) is 4.91. The first-order chi connectivity index (χ1) is 8.02. The molecule has 0 aromatic heterocycles. The summed E-state index contributed by atoms with van der Waals surface area (Å²) in [6.45, 7) is 1.28. The highest BCUT2D eigenvalue weighted by molar-refractivity contribution is 5.94. The maximum Gasteiger partial charge on any atom is 0.243 e. The molecule has 92 valence electrons. The molecular weight excluding hydrogens is 222 g/mol. The molecular formula is C11H15N3O3. The van der Waals surface area contributed by atoms with Crippen molar-refractivity contribution in [2.45, 2.75) is 6.92 Å². The van der Waals surface area contributed by atoms with Gasteiger partial charge >= 0.3 is 0 Å². The van der Waals surface area contributed by atoms with Crippen LogP contribution in [0, 0.1) is 0 Å². The first kappa shape index (κ1) is 12.8. The summed E-state index contributed by atoms with van der Waals surface area (Å²) in [5.74, 6) is -0.0241. The molecule has 1 aromatic carbocycles. The molecule has 4 N–H and O–H groups in total. The quantitative estimate of drug-likeness (QED) is 0.659. The summed E-state index contributed by atoms with van der Waals surface area (Å²) in [5, 5.41) is 5.00. The molecule has 6 nitrogen and oxygen atoms in total. The minimum Gasteiger partial charge on any atom is -0.495 e. The number of benzene rings is 1. The first-order valence-electron chi connectivity index (χ1n) is 5.00. The topological polar surface area (TPSA) is 93.5 Å². The van der Waals surface area contributed by atoms with Crippen molar-refractivity contribution in [1.82, 2.24) is 5.32 Å². The Morgan fingerprint density at radius 3 is 2.65 bits per heavy atom. The Hall–Kier alpha value is -2.24. The van der Waals surface area contributed by atoms with Gasteiger partial charge in [0.1, 0.15) is 5.75 Å². The van der Waals surface area contributed by atoms with E-state index in [1.54, 1.807) is 18.2 Å². The number of nitrogens with one attached hydrogen (secondary N) is 2. The fourth-order valence-electron chi connectivity index (χ4n) is 1.22. The molecule has 0 spiro atoms. The second-order valence-corrected chi connectivity index (χ2v) is 3.41. The zero-order chi connectivity index (χ0) is 12.8. The van der Waals surface area contributed by atoms with E-state index in [1.165, 1.54) is 14.0 Å². The third-order valence-corrected chi connectivity index (χ3v) is 2.01. The van der Waals surface area contributed by atoms with E-state index in [-0.39, 0.29) is 18.4 Å². The van der Waals surface area contributed by atoms with Gasteiger partial charge in [0.25, 0.3) is 0 Å². The normalized spacial score (nSPS) is 9.53. The highest BCUT2D eigenvalue weighted by atomic mass is 16.5. The van der Waals surface area contributed by atoms with Gasteiger partial charge in [-0.3, -0.25) is 9.59 Å². The van der Waals surface area contributed by atoms with Crippen LogP contribution in [0.2, 0.25) is 0 Å². The number of carbonyl (C=O) groups is 2. The Labute approximate surface area is 99.1 Å². The number of hydrogen-bond acceptors (Lipinski definition) is 4. The predicted octanol–water partition coefficient (Wildman–Crippen LogP) is 0.352. The van der Waals surface area contributed by atoms with Crippen LogP contribution >= 0.6 is 0 Å². The fourth-order valence-corrected chi connectivity index (χ4v) is 1.22. The Morgan fingerprint density at radius 1 is 1.41 bits per heavy atom. The molecule has 6 heteroatoms. The van der Waals surface area contributed by atoms with Crippen LogP contribution in [0.5, 0.6) is 5.75 Å². The maximum absolute atomic E-state index is 11.4. The van der Waals surface area contributed by atoms with E-state index in [0.29, 0.717) is 17.1 Å². The van der Waals surface area contributed by atoms with E-state index in [9.17, 15) is 9.59 Å². The van der Waals surface area contributed by atoms with Gasteiger partial charge in [-0.15, -0.1) is 0 Å². The second-order valence-electron chi connectivity index (χ2n) is 3.41. The largest absolute Gasteiger partial charge is 0.495 e. The lowest BCUT2D eigenvalue weighted by Gasteiger charge is -2.08. The number of nitrogen functional groups attached to an aromatic ring is 1. The molecule has 1 rings (SSSR count). The van der Waals surface area contributed by atoms with Gasteiger partial charge in [-0.05, 0) is 18.2 Å². The van der Waals surface area contributed by atoms with Crippen molar-refractivity contribution in [2.75, 3.05) is 24.7 Å². The SMILES string of the molecule is COc1ccc(NC(=O)CNC(C)=O)cc1N. The Morgan fingerprint density at radius 2 is 2.12 bits per heavy atom. The number of carbonyl (C=O) groups excluding carboxylic acids is 2. The van der Waals surface area contributed by atoms with Crippen LogP contribution in [0.4, 0.5) is 11.4 Å². The van der Waals surface area contributed by atoms with Crippen LogP contribution < -0.4 is 21.1 Å². The van der Waals surface area contributed by atoms with Gasteiger partial charge in [0.15, 0.2) is 0 Å². The second kappa shape index (κ2) is 5.74. The van der Waals surface area contributed by atoms with Crippen molar-refractivity contribution in [3.8, 4) is 5.75 Å². The zero-order valence-electron chi connectivity index (χ0n) is 9.74. The highest BCUT2D eigenvalue weighted by Crippen LogP contribution is 2.24. The van der Waals surface area contributed by atoms with Crippen LogP contribution in [-0.4, -0.2) is 25.5 Å². The Balaban J connectivity index is 2.60. The third-order valence-electron chi connectivity index (χ3n) is 2.01.